The molecule has 9 atom stereocenters. The minimum Gasteiger partial charge on any atom is -0.393 e. The van der Waals surface area contributed by atoms with Crippen molar-refractivity contribution in [1.29, 1.82) is 0 Å². The zero-order valence-corrected chi connectivity index (χ0v) is 17.1. The predicted molar refractivity (Wildman–Crippen MR) is 102 cm³/mol. The van der Waals surface area contributed by atoms with E-state index in [1.165, 1.54) is 12.8 Å². The topological polar surface area (TPSA) is 75.7 Å². The third-order valence-corrected chi connectivity index (χ3v) is 9.09. The average Bonchev–Trinajstić information content (AvgIpc) is 2.83. The fourth-order valence-electron chi connectivity index (χ4n) is 7.70. The van der Waals surface area contributed by atoms with Crippen LogP contribution >= 0.6 is 0 Å². The third kappa shape index (κ3) is 2.87. The van der Waals surface area contributed by atoms with Gasteiger partial charge in [-0.15, -0.1) is 0 Å². The number of aliphatic hydroxyl groups excluding tert-OH is 1. The molecule has 0 heterocycles. The predicted octanol–water partition coefficient (Wildman–Crippen LogP) is 3.44. The van der Waals surface area contributed by atoms with E-state index in [1.807, 2.05) is 0 Å². The quantitative estimate of drug-likeness (QED) is 0.655. The second kappa shape index (κ2) is 6.17. The number of nitrogens with two attached hydrogens (primary N) is 1. The molecule has 0 saturated heterocycles. The first-order valence-electron chi connectivity index (χ1n) is 10.9. The second-order valence-corrected chi connectivity index (χ2v) is 11.0. The van der Waals surface area contributed by atoms with Gasteiger partial charge in [0.05, 0.1) is 12.2 Å². The van der Waals surface area contributed by atoms with Gasteiger partial charge < -0.3 is 20.7 Å². The monoisotopic (exact) mass is 365 g/mol. The molecule has 4 rings (SSSR count). The van der Waals surface area contributed by atoms with E-state index < -0.39 is 5.79 Å². The molecule has 4 N–H and O–H groups in total. The summed E-state index contributed by atoms with van der Waals surface area (Å²) in [6.07, 6.45) is 8.70. The van der Waals surface area contributed by atoms with Gasteiger partial charge in [-0.3, -0.25) is 0 Å². The van der Waals surface area contributed by atoms with Crippen LogP contribution in [0.25, 0.3) is 0 Å². The van der Waals surface area contributed by atoms with Crippen molar-refractivity contribution in [3.8, 4) is 0 Å². The van der Waals surface area contributed by atoms with Gasteiger partial charge in [0.15, 0.2) is 5.79 Å². The number of hydrogen-bond donors (Lipinski definition) is 3. The van der Waals surface area contributed by atoms with Crippen LogP contribution in [0.4, 0.5) is 0 Å². The highest BCUT2D eigenvalue weighted by molar-refractivity contribution is 5.12. The largest absolute Gasteiger partial charge is 0.393 e. The van der Waals surface area contributed by atoms with Crippen molar-refractivity contribution >= 4 is 0 Å². The SMILES string of the molecule is CC(C)(O)O[C@H]1CC2C[C@H](N)CC[C@]2(C)C2CC[C@@]3(C)C(CC[C@@H]3O)C21. The number of rotatable bonds is 2. The van der Waals surface area contributed by atoms with Crippen molar-refractivity contribution in [3.63, 3.8) is 0 Å². The van der Waals surface area contributed by atoms with Crippen LogP contribution in [0.15, 0.2) is 0 Å². The molecule has 0 aromatic carbocycles. The smallest absolute Gasteiger partial charge is 0.160 e. The molecule has 26 heavy (non-hydrogen) atoms. The summed E-state index contributed by atoms with van der Waals surface area (Å²) in [6, 6.07) is 0.314. The Bertz CT molecular complexity index is 546. The molecule has 4 unspecified atom stereocenters. The first-order chi connectivity index (χ1) is 12.0. The normalized spacial score (nSPS) is 54.3. The van der Waals surface area contributed by atoms with Crippen LogP contribution in [0.2, 0.25) is 0 Å². The highest BCUT2D eigenvalue weighted by Crippen LogP contribution is 2.66. The van der Waals surface area contributed by atoms with E-state index in [0.717, 1.165) is 38.5 Å². The van der Waals surface area contributed by atoms with Gasteiger partial charge in [0.1, 0.15) is 0 Å². The van der Waals surface area contributed by atoms with Crippen molar-refractivity contribution in [2.45, 2.75) is 103 Å². The van der Waals surface area contributed by atoms with E-state index in [0.29, 0.717) is 35.1 Å². The first-order valence-corrected chi connectivity index (χ1v) is 10.9. The molecule has 0 aromatic rings. The van der Waals surface area contributed by atoms with Crippen molar-refractivity contribution in [2.24, 2.45) is 40.2 Å². The molecular weight excluding hydrogens is 326 g/mol. The lowest BCUT2D eigenvalue weighted by Crippen LogP contribution is -2.60. The Morgan fingerprint density at radius 2 is 1.62 bits per heavy atom. The maximum absolute atomic E-state index is 10.7. The Morgan fingerprint density at radius 1 is 0.962 bits per heavy atom. The van der Waals surface area contributed by atoms with Crippen LogP contribution in [0.5, 0.6) is 0 Å². The van der Waals surface area contributed by atoms with E-state index in [2.05, 4.69) is 13.8 Å². The van der Waals surface area contributed by atoms with E-state index >= 15 is 0 Å². The Hall–Kier alpha value is -0.160. The van der Waals surface area contributed by atoms with Crippen LogP contribution < -0.4 is 5.73 Å². The maximum Gasteiger partial charge on any atom is 0.160 e. The molecule has 4 aliphatic carbocycles. The van der Waals surface area contributed by atoms with Crippen LogP contribution in [-0.2, 0) is 4.74 Å². The lowest BCUT2D eigenvalue weighted by molar-refractivity contribution is -0.265. The standard InChI is InChI=1S/C22H39NO3/c1-20(2,25)26-17-12-13-11-14(23)7-9-21(13,3)16-8-10-22(4)15(19(16)17)5-6-18(22)24/h13-19,24-25H,5-12,23H2,1-4H3/t13?,14-,15?,16?,17+,18+,19?,21+,22+/m1/s1. The molecular formula is C22H39NO3. The summed E-state index contributed by atoms with van der Waals surface area (Å²) in [5, 5.41) is 21.2. The Morgan fingerprint density at radius 3 is 2.31 bits per heavy atom. The van der Waals surface area contributed by atoms with Crippen LogP contribution in [-0.4, -0.2) is 34.2 Å². The summed E-state index contributed by atoms with van der Waals surface area (Å²) in [5.74, 6) is 1.08. The summed E-state index contributed by atoms with van der Waals surface area (Å²) in [4.78, 5) is 0. The molecule has 0 radical (unpaired) electrons. The van der Waals surface area contributed by atoms with Crippen molar-refractivity contribution < 1.29 is 14.9 Å². The van der Waals surface area contributed by atoms with Gasteiger partial charge in [0, 0.05) is 6.04 Å². The molecule has 0 aromatic heterocycles. The van der Waals surface area contributed by atoms with E-state index in [1.54, 1.807) is 13.8 Å². The lowest BCUT2D eigenvalue weighted by atomic mass is 9.44. The first kappa shape index (κ1) is 19.2. The summed E-state index contributed by atoms with van der Waals surface area (Å²) < 4.78 is 6.30. The van der Waals surface area contributed by atoms with E-state index in [4.69, 9.17) is 10.5 Å². The number of fused-ring (bicyclic) bond motifs is 5. The Labute approximate surface area is 158 Å². The molecule has 0 spiro atoms. The molecule has 4 heteroatoms. The molecule has 4 fully saturated rings. The minimum atomic E-state index is -1.11. The van der Waals surface area contributed by atoms with Gasteiger partial charge in [0.2, 0.25) is 0 Å². The molecule has 0 bridgehead atoms. The van der Waals surface area contributed by atoms with Gasteiger partial charge >= 0.3 is 0 Å². The van der Waals surface area contributed by atoms with Crippen molar-refractivity contribution in [2.75, 3.05) is 0 Å². The summed E-state index contributed by atoms with van der Waals surface area (Å²) >= 11 is 0. The molecule has 0 amide bonds. The summed E-state index contributed by atoms with van der Waals surface area (Å²) in [5.41, 5.74) is 6.71. The van der Waals surface area contributed by atoms with Crippen molar-refractivity contribution in [3.05, 3.63) is 0 Å². The van der Waals surface area contributed by atoms with E-state index in [-0.39, 0.29) is 17.6 Å². The van der Waals surface area contributed by atoms with Crippen molar-refractivity contribution in [1.82, 2.24) is 0 Å². The van der Waals surface area contributed by atoms with Crippen LogP contribution in [0, 0.1) is 34.5 Å². The summed E-state index contributed by atoms with van der Waals surface area (Å²) in [7, 11) is 0. The van der Waals surface area contributed by atoms with Crippen LogP contribution in [0.1, 0.15) is 79.1 Å². The van der Waals surface area contributed by atoms with Gasteiger partial charge in [-0.05, 0) is 99.7 Å². The Kier molecular flexibility index (Phi) is 4.55. The zero-order valence-electron chi connectivity index (χ0n) is 17.1. The fraction of sp³-hybridized carbons (Fsp3) is 1.00. The highest BCUT2D eigenvalue weighted by Gasteiger charge is 2.63. The number of hydrogen-bond acceptors (Lipinski definition) is 4. The highest BCUT2D eigenvalue weighted by atomic mass is 16.6. The molecule has 150 valence electrons. The van der Waals surface area contributed by atoms with Gasteiger partial charge in [0.25, 0.3) is 0 Å². The molecule has 4 aliphatic rings. The molecule has 0 aliphatic heterocycles. The zero-order chi connectivity index (χ0) is 18.9. The van der Waals surface area contributed by atoms with Gasteiger partial charge in [-0.1, -0.05) is 13.8 Å². The molecule has 4 saturated carbocycles. The molecule has 4 nitrogen and oxygen atoms in total. The fourth-order valence-corrected chi connectivity index (χ4v) is 7.70. The van der Waals surface area contributed by atoms with Crippen LogP contribution in [0.3, 0.4) is 0 Å². The number of ether oxygens (including phenoxy) is 1. The maximum atomic E-state index is 10.7. The second-order valence-electron chi connectivity index (χ2n) is 11.0. The third-order valence-electron chi connectivity index (χ3n) is 9.09. The van der Waals surface area contributed by atoms with Gasteiger partial charge in [-0.2, -0.15) is 0 Å². The number of aliphatic hydroxyl groups is 2. The summed E-state index contributed by atoms with van der Waals surface area (Å²) in [6.45, 7) is 8.33. The minimum absolute atomic E-state index is 0.0244. The average molecular weight is 366 g/mol. The Balaban J connectivity index is 1.70. The van der Waals surface area contributed by atoms with E-state index in [9.17, 15) is 10.2 Å². The lowest BCUT2D eigenvalue weighted by Gasteiger charge is -2.63. The van der Waals surface area contributed by atoms with Gasteiger partial charge in [-0.25, -0.2) is 0 Å².